The molecule has 0 aliphatic rings. The number of rotatable bonds is 3. The third kappa shape index (κ3) is 5.64. The molecule has 0 fully saturated rings. The van der Waals surface area contributed by atoms with Crippen molar-refractivity contribution < 1.29 is 9.53 Å². The van der Waals surface area contributed by atoms with Crippen LogP contribution in [-0.2, 0) is 11.3 Å². The maximum absolute atomic E-state index is 11.5. The Bertz CT molecular complexity index is 659. The van der Waals surface area contributed by atoms with Gasteiger partial charge in [-0.3, -0.25) is 0 Å². The van der Waals surface area contributed by atoms with Crippen LogP contribution in [0.2, 0.25) is 0 Å². The van der Waals surface area contributed by atoms with Crippen LogP contribution >= 0.6 is 12.6 Å². The van der Waals surface area contributed by atoms with E-state index in [-0.39, 0.29) is 13.2 Å². The van der Waals surface area contributed by atoms with E-state index < -0.39 is 6.09 Å². The molecule has 0 saturated heterocycles. The molecule has 0 radical (unpaired) electrons. The van der Waals surface area contributed by atoms with E-state index >= 15 is 0 Å². The smallest absolute Gasteiger partial charge is 0.408 e. The van der Waals surface area contributed by atoms with Crippen LogP contribution in [0, 0.1) is 11.8 Å². The Morgan fingerprint density at radius 2 is 1.95 bits per heavy atom. The quantitative estimate of drug-likeness (QED) is 0.674. The van der Waals surface area contributed by atoms with Gasteiger partial charge in [-0.1, -0.05) is 48.2 Å². The highest BCUT2D eigenvalue weighted by Crippen LogP contribution is 2.07. The summed E-state index contributed by atoms with van der Waals surface area (Å²) in [7, 11) is 0. The monoisotopic (exact) mass is 297 g/mol. The van der Waals surface area contributed by atoms with Gasteiger partial charge in [-0.25, -0.2) is 4.79 Å². The van der Waals surface area contributed by atoms with Crippen molar-refractivity contribution >= 4 is 18.7 Å². The second-order valence-electron chi connectivity index (χ2n) is 4.27. The molecule has 0 aliphatic heterocycles. The molecule has 21 heavy (non-hydrogen) atoms. The summed E-state index contributed by atoms with van der Waals surface area (Å²) in [6.07, 6.45) is -0.476. The maximum atomic E-state index is 11.5. The average molecular weight is 297 g/mol. The summed E-state index contributed by atoms with van der Waals surface area (Å²) in [4.78, 5) is 12.3. The van der Waals surface area contributed by atoms with E-state index in [1.54, 1.807) is 0 Å². The third-order valence-corrected chi connectivity index (χ3v) is 2.89. The van der Waals surface area contributed by atoms with Gasteiger partial charge in [0.15, 0.2) is 0 Å². The first-order valence-electron chi connectivity index (χ1n) is 6.46. The molecule has 0 spiro atoms. The summed E-state index contributed by atoms with van der Waals surface area (Å²) in [5, 5.41) is 2.58. The number of benzene rings is 2. The third-order valence-electron chi connectivity index (χ3n) is 2.61. The second kappa shape index (κ2) is 8.03. The Labute approximate surface area is 129 Å². The fraction of sp³-hybridized carbons (Fsp3) is 0.118. The Balaban J connectivity index is 1.72. The standard InChI is InChI=1S/C17H15NO2S/c19-17(20-13-15-6-2-1-3-7-15)18-11-5-9-14-8-4-10-16(21)12-14/h1-4,6-8,10,12,21H,11,13H2,(H,18,19). The van der Waals surface area contributed by atoms with Crippen molar-refractivity contribution in [1.29, 1.82) is 0 Å². The van der Waals surface area contributed by atoms with Gasteiger partial charge in [0.25, 0.3) is 0 Å². The van der Waals surface area contributed by atoms with Crippen molar-refractivity contribution in [3.8, 4) is 11.8 Å². The molecular formula is C17H15NO2S. The molecular weight excluding hydrogens is 282 g/mol. The van der Waals surface area contributed by atoms with Gasteiger partial charge in [-0.15, -0.1) is 12.6 Å². The number of alkyl carbamates (subject to hydrolysis) is 1. The van der Waals surface area contributed by atoms with Crippen molar-refractivity contribution in [2.45, 2.75) is 11.5 Å². The van der Waals surface area contributed by atoms with Crippen molar-refractivity contribution in [2.75, 3.05) is 6.54 Å². The van der Waals surface area contributed by atoms with E-state index in [2.05, 4.69) is 29.8 Å². The number of carbonyl (C=O) groups is 1. The number of nitrogens with one attached hydrogen (secondary N) is 1. The molecule has 3 nitrogen and oxygen atoms in total. The van der Waals surface area contributed by atoms with Gasteiger partial charge in [0.2, 0.25) is 0 Å². The number of hydrogen-bond donors (Lipinski definition) is 2. The highest BCUT2D eigenvalue weighted by molar-refractivity contribution is 7.80. The fourth-order valence-electron chi connectivity index (χ4n) is 1.62. The first-order chi connectivity index (χ1) is 10.2. The molecule has 2 rings (SSSR count). The van der Waals surface area contributed by atoms with Crippen LogP contribution in [0.5, 0.6) is 0 Å². The molecule has 0 aliphatic carbocycles. The number of thiol groups is 1. The van der Waals surface area contributed by atoms with Crippen molar-refractivity contribution in [3.05, 3.63) is 65.7 Å². The van der Waals surface area contributed by atoms with Crippen molar-refractivity contribution in [1.82, 2.24) is 5.32 Å². The van der Waals surface area contributed by atoms with Gasteiger partial charge in [0.05, 0.1) is 6.54 Å². The van der Waals surface area contributed by atoms with Gasteiger partial charge in [-0.2, -0.15) is 0 Å². The average Bonchev–Trinajstić information content (AvgIpc) is 2.51. The highest BCUT2D eigenvalue weighted by atomic mass is 32.1. The van der Waals surface area contributed by atoms with E-state index in [9.17, 15) is 4.79 Å². The first kappa shape index (κ1) is 15.0. The van der Waals surface area contributed by atoms with E-state index in [0.29, 0.717) is 0 Å². The fourth-order valence-corrected chi connectivity index (χ4v) is 1.85. The maximum Gasteiger partial charge on any atom is 0.408 e. The van der Waals surface area contributed by atoms with Gasteiger partial charge < -0.3 is 10.1 Å². The van der Waals surface area contributed by atoms with Crippen LogP contribution in [-0.4, -0.2) is 12.6 Å². The van der Waals surface area contributed by atoms with Crippen LogP contribution < -0.4 is 5.32 Å². The van der Waals surface area contributed by atoms with E-state index in [4.69, 9.17) is 4.74 Å². The molecule has 2 aromatic carbocycles. The molecule has 2 aromatic rings. The van der Waals surface area contributed by atoms with E-state index in [1.807, 2.05) is 54.6 Å². The Morgan fingerprint density at radius 3 is 2.71 bits per heavy atom. The molecule has 0 bridgehead atoms. The van der Waals surface area contributed by atoms with E-state index in [0.717, 1.165) is 16.0 Å². The minimum atomic E-state index is -0.476. The molecule has 0 heterocycles. The minimum Gasteiger partial charge on any atom is -0.445 e. The lowest BCUT2D eigenvalue weighted by Gasteiger charge is -2.04. The molecule has 0 atom stereocenters. The Hall–Kier alpha value is -2.38. The lowest BCUT2D eigenvalue weighted by Crippen LogP contribution is -2.24. The van der Waals surface area contributed by atoms with Crippen LogP contribution in [0.4, 0.5) is 4.79 Å². The van der Waals surface area contributed by atoms with Crippen molar-refractivity contribution in [3.63, 3.8) is 0 Å². The predicted molar refractivity (Wildman–Crippen MR) is 85.2 cm³/mol. The zero-order chi connectivity index (χ0) is 14.9. The van der Waals surface area contributed by atoms with Crippen LogP contribution in [0.15, 0.2) is 59.5 Å². The van der Waals surface area contributed by atoms with Crippen LogP contribution in [0.25, 0.3) is 0 Å². The normalized spacial score (nSPS) is 9.38. The summed E-state index contributed by atoms with van der Waals surface area (Å²) in [6, 6.07) is 17.0. The number of carbonyl (C=O) groups excluding carboxylic acids is 1. The largest absolute Gasteiger partial charge is 0.445 e. The SMILES string of the molecule is O=C(NCC#Cc1cccc(S)c1)OCc1ccccc1. The van der Waals surface area contributed by atoms with Crippen LogP contribution in [0.3, 0.4) is 0 Å². The minimum absolute atomic E-state index is 0.240. The zero-order valence-corrected chi connectivity index (χ0v) is 12.3. The second-order valence-corrected chi connectivity index (χ2v) is 4.78. The predicted octanol–water partition coefficient (Wildman–Crippen LogP) is 3.25. The molecule has 1 amide bonds. The van der Waals surface area contributed by atoms with Gasteiger partial charge in [0, 0.05) is 10.5 Å². The molecule has 0 saturated carbocycles. The van der Waals surface area contributed by atoms with Gasteiger partial charge >= 0.3 is 6.09 Å². The lowest BCUT2D eigenvalue weighted by molar-refractivity contribution is 0.141. The first-order valence-corrected chi connectivity index (χ1v) is 6.91. The van der Waals surface area contributed by atoms with Gasteiger partial charge in [-0.05, 0) is 23.8 Å². The van der Waals surface area contributed by atoms with E-state index in [1.165, 1.54) is 0 Å². The zero-order valence-electron chi connectivity index (χ0n) is 11.4. The molecule has 106 valence electrons. The molecule has 1 N–H and O–H groups in total. The number of amides is 1. The van der Waals surface area contributed by atoms with Crippen molar-refractivity contribution in [2.24, 2.45) is 0 Å². The Morgan fingerprint density at radius 1 is 1.14 bits per heavy atom. The molecule has 4 heteroatoms. The summed E-state index contributed by atoms with van der Waals surface area (Å²) < 4.78 is 5.07. The van der Waals surface area contributed by atoms with Gasteiger partial charge in [0.1, 0.15) is 6.61 Å². The number of hydrogen-bond acceptors (Lipinski definition) is 3. The lowest BCUT2D eigenvalue weighted by atomic mass is 10.2. The number of ether oxygens (including phenoxy) is 1. The summed E-state index contributed by atoms with van der Waals surface area (Å²) in [5.74, 6) is 5.81. The summed E-state index contributed by atoms with van der Waals surface area (Å²) >= 11 is 4.24. The highest BCUT2D eigenvalue weighted by Gasteiger charge is 1.99. The topological polar surface area (TPSA) is 38.3 Å². The molecule has 0 unspecified atom stereocenters. The summed E-state index contributed by atoms with van der Waals surface area (Å²) in [6.45, 7) is 0.492. The summed E-state index contributed by atoms with van der Waals surface area (Å²) in [5.41, 5.74) is 1.81. The Kier molecular flexibility index (Phi) is 5.74. The van der Waals surface area contributed by atoms with Crippen LogP contribution in [0.1, 0.15) is 11.1 Å². The molecule has 0 aromatic heterocycles.